The van der Waals surface area contributed by atoms with E-state index < -0.39 is 6.04 Å². The number of nitrogens with one attached hydrogen (secondary N) is 1. The Bertz CT molecular complexity index is 2210. The van der Waals surface area contributed by atoms with Gasteiger partial charge in [-0.25, -0.2) is 9.67 Å². The summed E-state index contributed by atoms with van der Waals surface area (Å²) in [5, 5.41) is 12.0. The molecule has 2 aromatic heterocycles. The van der Waals surface area contributed by atoms with E-state index >= 15 is 0 Å². The van der Waals surface area contributed by atoms with E-state index in [4.69, 9.17) is 19.2 Å². The normalized spacial score (nSPS) is 14.5. The predicted octanol–water partition coefficient (Wildman–Crippen LogP) is 5.99. The Morgan fingerprint density at radius 2 is 1.87 bits per heavy atom. The van der Waals surface area contributed by atoms with Gasteiger partial charge in [-0.15, -0.1) is 5.10 Å². The standard InChI is InChI=1S/C46H57N9O7/c1-5-33(2)55(36-15-8-9-16-36)44-42(52(3)32-58)28-47-46(49-44)48-40-20-19-35(27-43(40)60-4)41-30-53(51-50-41)21-24-62-26-25-61-23-10-6-7-13-34-14-11-18-38-39(34)29-54(45(38)59)37(31-57)17-12-22-56/h11,14,18-20,22,27-28,30-33,36-37H,5-6,8-10,12,15-17,21,23-26,29H2,1-4H3,(H,47,48,49)/t33-,37?/m0/s1. The molecule has 1 aliphatic heterocycles. The van der Waals surface area contributed by atoms with E-state index in [1.54, 1.807) is 37.2 Å². The fourth-order valence-corrected chi connectivity index (χ4v) is 7.83. The van der Waals surface area contributed by atoms with E-state index in [2.05, 4.69) is 51.2 Å². The maximum atomic E-state index is 12.9. The Morgan fingerprint density at radius 1 is 1.06 bits per heavy atom. The third kappa shape index (κ3) is 11.2. The van der Waals surface area contributed by atoms with Crippen LogP contribution in [0.3, 0.4) is 0 Å². The van der Waals surface area contributed by atoms with Crippen LogP contribution in [0.2, 0.25) is 0 Å². The fraction of sp³-hybridized carbons (Fsp3) is 0.478. The van der Waals surface area contributed by atoms with Gasteiger partial charge >= 0.3 is 0 Å². The first-order valence-electron chi connectivity index (χ1n) is 21.4. The highest BCUT2D eigenvalue weighted by molar-refractivity contribution is 6.00. The van der Waals surface area contributed by atoms with Gasteiger partial charge in [0.25, 0.3) is 5.91 Å². The van der Waals surface area contributed by atoms with E-state index in [9.17, 15) is 19.2 Å². The average Bonchev–Trinajstić information content (AvgIpc) is 4.08. The van der Waals surface area contributed by atoms with E-state index in [1.165, 1.54) is 22.6 Å². The number of hydrogen-bond donors (Lipinski definition) is 1. The smallest absolute Gasteiger partial charge is 0.255 e. The van der Waals surface area contributed by atoms with Crippen LogP contribution in [0.15, 0.2) is 48.8 Å². The molecule has 16 nitrogen and oxygen atoms in total. The summed E-state index contributed by atoms with van der Waals surface area (Å²) in [5.41, 5.74) is 5.02. The van der Waals surface area contributed by atoms with E-state index in [1.807, 2.05) is 30.5 Å². The van der Waals surface area contributed by atoms with Crippen LogP contribution in [-0.4, -0.2) is 113 Å². The number of fused-ring (bicyclic) bond motifs is 1. The minimum atomic E-state index is -0.629. The molecular formula is C46H57N9O7. The Kier molecular flexibility index (Phi) is 16.5. The Balaban J connectivity index is 0.941. The van der Waals surface area contributed by atoms with Crippen LogP contribution in [0, 0.1) is 11.8 Å². The topological polar surface area (TPSA) is 174 Å². The summed E-state index contributed by atoms with van der Waals surface area (Å²) in [6.45, 7) is 7.06. The molecule has 16 heteroatoms. The summed E-state index contributed by atoms with van der Waals surface area (Å²) < 4.78 is 19.0. The van der Waals surface area contributed by atoms with Crippen molar-refractivity contribution in [3.8, 4) is 28.8 Å². The highest BCUT2D eigenvalue weighted by Gasteiger charge is 2.34. The van der Waals surface area contributed by atoms with Gasteiger partial charge in [-0.3, -0.25) is 9.59 Å². The zero-order valence-corrected chi connectivity index (χ0v) is 36.1. The number of anilines is 4. The van der Waals surface area contributed by atoms with Gasteiger partial charge < -0.3 is 43.8 Å². The highest BCUT2D eigenvalue weighted by atomic mass is 16.5. The van der Waals surface area contributed by atoms with Gasteiger partial charge in [0.1, 0.15) is 29.7 Å². The van der Waals surface area contributed by atoms with Gasteiger partial charge in [-0.1, -0.05) is 49.0 Å². The highest BCUT2D eigenvalue weighted by Crippen LogP contribution is 2.37. The molecule has 4 aromatic rings. The van der Waals surface area contributed by atoms with E-state index in [0.717, 1.165) is 67.2 Å². The SMILES string of the molecule is CC[C@H](C)N(c1nc(Nc2ccc(-c3cn(CCOCCOCCCC#Cc4cccc5c4CN(C(C=O)CCC=O)C5=O)nn3)cc2OC)ncc1N(C)C=O)C1CCCC1. The molecule has 328 valence electrons. The first-order valence-corrected chi connectivity index (χ1v) is 21.4. The van der Waals surface area contributed by atoms with Crippen LogP contribution in [0.25, 0.3) is 11.3 Å². The van der Waals surface area contributed by atoms with E-state index in [-0.39, 0.29) is 18.4 Å². The van der Waals surface area contributed by atoms with Crippen molar-refractivity contribution in [2.24, 2.45) is 0 Å². The second kappa shape index (κ2) is 22.6. The molecular weight excluding hydrogens is 791 g/mol. The van der Waals surface area contributed by atoms with E-state index in [0.29, 0.717) is 92.7 Å². The molecule has 2 atom stereocenters. The first-order chi connectivity index (χ1) is 30.3. The van der Waals surface area contributed by atoms with Crippen molar-refractivity contribution in [2.45, 2.75) is 103 Å². The second-order valence-electron chi connectivity index (χ2n) is 15.5. The molecule has 1 fully saturated rings. The van der Waals surface area contributed by atoms with Crippen LogP contribution in [-0.2, 0) is 36.9 Å². The monoisotopic (exact) mass is 847 g/mol. The van der Waals surface area contributed by atoms with Crippen molar-refractivity contribution in [1.29, 1.82) is 0 Å². The average molecular weight is 848 g/mol. The number of aldehydes is 2. The summed E-state index contributed by atoms with van der Waals surface area (Å²) in [6, 6.07) is 11.1. The Hall–Kier alpha value is -6.18. The molecule has 2 aliphatic rings. The van der Waals surface area contributed by atoms with Crippen molar-refractivity contribution < 1.29 is 33.4 Å². The molecule has 1 N–H and O–H groups in total. The van der Waals surface area contributed by atoms with Gasteiger partial charge in [0.2, 0.25) is 12.4 Å². The van der Waals surface area contributed by atoms with Crippen LogP contribution in [0.4, 0.5) is 23.1 Å². The van der Waals surface area contributed by atoms with Crippen molar-refractivity contribution in [3.05, 3.63) is 65.5 Å². The van der Waals surface area contributed by atoms with Crippen molar-refractivity contribution >= 4 is 48.0 Å². The molecule has 0 bridgehead atoms. The summed E-state index contributed by atoms with van der Waals surface area (Å²) in [4.78, 5) is 62.2. The fourth-order valence-electron chi connectivity index (χ4n) is 7.83. The lowest BCUT2D eigenvalue weighted by Crippen LogP contribution is -2.42. The van der Waals surface area contributed by atoms with Crippen LogP contribution < -0.4 is 19.9 Å². The predicted molar refractivity (Wildman–Crippen MR) is 235 cm³/mol. The lowest BCUT2D eigenvalue weighted by molar-refractivity contribution is -0.112. The maximum Gasteiger partial charge on any atom is 0.255 e. The molecule has 0 spiro atoms. The number of nitrogens with zero attached hydrogens (tertiary/aromatic N) is 8. The number of ether oxygens (including phenoxy) is 3. The number of amides is 2. The summed E-state index contributed by atoms with van der Waals surface area (Å²) in [7, 11) is 3.33. The van der Waals surface area contributed by atoms with Gasteiger partial charge in [-0.2, -0.15) is 4.98 Å². The van der Waals surface area contributed by atoms with Crippen LogP contribution in [0.5, 0.6) is 5.75 Å². The molecule has 1 saturated carbocycles. The molecule has 2 aromatic carbocycles. The Morgan fingerprint density at radius 3 is 2.61 bits per heavy atom. The molecule has 0 saturated heterocycles. The minimum Gasteiger partial charge on any atom is -0.495 e. The third-order valence-electron chi connectivity index (χ3n) is 11.4. The van der Waals surface area contributed by atoms with Gasteiger partial charge in [0, 0.05) is 61.8 Å². The molecule has 1 unspecified atom stereocenters. The lowest BCUT2D eigenvalue weighted by Gasteiger charge is -2.37. The zero-order chi connectivity index (χ0) is 43.8. The molecule has 1 aliphatic carbocycles. The molecule has 3 heterocycles. The zero-order valence-electron chi connectivity index (χ0n) is 36.1. The van der Waals surface area contributed by atoms with Crippen molar-refractivity contribution in [1.82, 2.24) is 29.9 Å². The van der Waals surface area contributed by atoms with Gasteiger partial charge in [0.05, 0.1) is 57.6 Å². The number of aromatic nitrogens is 5. The van der Waals surface area contributed by atoms with Gasteiger partial charge in [0.15, 0.2) is 5.82 Å². The number of benzene rings is 2. The van der Waals surface area contributed by atoms with Crippen molar-refractivity contribution in [2.75, 3.05) is 55.7 Å². The number of rotatable bonds is 24. The summed E-state index contributed by atoms with van der Waals surface area (Å²) in [6.07, 6.45) is 13.2. The molecule has 6 rings (SSSR count). The maximum absolute atomic E-state index is 12.9. The molecule has 62 heavy (non-hydrogen) atoms. The number of carbonyl (C=O) groups is 4. The molecule has 2 amide bonds. The second-order valence-corrected chi connectivity index (χ2v) is 15.5. The van der Waals surface area contributed by atoms with Crippen LogP contribution >= 0.6 is 0 Å². The number of carbonyl (C=O) groups excluding carboxylic acids is 4. The van der Waals surface area contributed by atoms with Crippen LogP contribution in [0.1, 0.15) is 93.1 Å². The summed E-state index contributed by atoms with van der Waals surface area (Å²) >= 11 is 0. The number of hydrogen-bond acceptors (Lipinski definition) is 13. The van der Waals surface area contributed by atoms with Gasteiger partial charge in [-0.05, 0) is 68.9 Å². The summed E-state index contributed by atoms with van der Waals surface area (Å²) in [5.74, 6) is 7.88. The number of methoxy groups -OCH3 is 1. The minimum absolute atomic E-state index is 0.205. The largest absolute Gasteiger partial charge is 0.495 e. The lowest BCUT2D eigenvalue weighted by atomic mass is 10.0. The third-order valence-corrected chi connectivity index (χ3v) is 11.4. The molecule has 0 radical (unpaired) electrons. The quantitative estimate of drug-likeness (QED) is 0.0495. The van der Waals surface area contributed by atoms with Crippen molar-refractivity contribution in [3.63, 3.8) is 0 Å². The number of unbranched alkanes of at least 4 members (excludes halogenated alkanes) is 1. The Labute approximate surface area is 363 Å². The first kappa shape index (κ1) is 45.3.